The Morgan fingerprint density at radius 2 is 2.12 bits per heavy atom. The highest BCUT2D eigenvalue weighted by molar-refractivity contribution is 7.14. The SMILES string of the molecule is CCCc1cc(C(=O)N2CCCC2)sc1C. The normalized spacial score (nSPS) is 15.8. The number of nitrogens with zero attached hydrogens (tertiary/aromatic N) is 1. The molecule has 0 aromatic carbocycles. The Morgan fingerprint density at radius 3 is 2.75 bits per heavy atom. The van der Waals surface area contributed by atoms with Crippen LogP contribution < -0.4 is 0 Å². The first-order valence-electron chi connectivity index (χ1n) is 6.11. The van der Waals surface area contributed by atoms with Gasteiger partial charge in [0, 0.05) is 18.0 Å². The molecule has 2 nitrogen and oxygen atoms in total. The summed E-state index contributed by atoms with van der Waals surface area (Å²) in [6, 6.07) is 2.10. The van der Waals surface area contributed by atoms with E-state index in [1.54, 1.807) is 11.3 Å². The molecule has 2 heterocycles. The van der Waals surface area contributed by atoms with Crippen LogP contribution in [0.2, 0.25) is 0 Å². The van der Waals surface area contributed by atoms with Crippen LogP contribution >= 0.6 is 11.3 Å². The van der Waals surface area contributed by atoms with Crippen molar-refractivity contribution in [2.45, 2.75) is 39.5 Å². The summed E-state index contributed by atoms with van der Waals surface area (Å²) < 4.78 is 0. The molecule has 88 valence electrons. The van der Waals surface area contributed by atoms with E-state index in [9.17, 15) is 4.79 Å². The largest absolute Gasteiger partial charge is 0.338 e. The Labute approximate surface area is 101 Å². The minimum Gasteiger partial charge on any atom is -0.338 e. The maximum absolute atomic E-state index is 12.2. The van der Waals surface area contributed by atoms with Crippen LogP contribution in [0.25, 0.3) is 0 Å². The summed E-state index contributed by atoms with van der Waals surface area (Å²) in [7, 11) is 0. The van der Waals surface area contributed by atoms with E-state index in [1.165, 1.54) is 10.4 Å². The molecule has 1 fully saturated rings. The molecule has 1 aromatic heterocycles. The first kappa shape index (κ1) is 11.6. The Morgan fingerprint density at radius 1 is 1.44 bits per heavy atom. The number of carbonyl (C=O) groups is 1. The molecule has 1 aromatic rings. The molecule has 0 bridgehead atoms. The highest BCUT2D eigenvalue weighted by Crippen LogP contribution is 2.25. The number of hydrogen-bond acceptors (Lipinski definition) is 2. The Balaban J connectivity index is 2.13. The molecule has 1 amide bonds. The van der Waals surface area contributed by atoms with Gasteiger partial charge in [-0.25, -0.2) is 0 Å². The van der Waals surface area contributed by atoms with Gasteiger partial charge in [0.15, 0.2) is 0 Å². The van der Waals surface area contributed by atoms with Gasteiger partial charge in [-0.1, -0.05) is 13.3 Å². The van der Waals surface area contributed by atoms with E-state index in [0.29, 0.717) is 0 Å². The number of likely N-dealkylation sites (tertiary alicyclic amines) is 1. The minimum absolute atomic E-state index is 0.243. The van der Waals surface area contributed by atoms with Crippen molar-refractivity contribution < 1.29 is 4.79 Å². The summed E-state index contributed by atoms with van der Waals surface area (Å²) in [6.45, 7) is 6.19. The third-order valence-corrected chi connectivity index (χ3v) is 4.22. The van der Waals surface area contributed by atoms with E-state index in [2.05, 4.69) is 19.9 Å². The molecule has 2 rings (SSSR count). The van der Waals surface area contributed by atoms with E-state index in [-0.39, 0.29) is 5.91 Å². The lowest BCUT2D eigenvalue weighted by Gasteiger charge is -2.13. The topological polar surface area (TPSA) is 20.3 Å². The molecule has 0 spiro atoms. The van der Waals surface area contributed by atoms with E-state index >= 15 is 0 Å². The summed E-state index contributed by atoms with van der Waals surface area (Å²) in [5.74, 6) is 0.243. The molecule has 3 heteroatoms. The Kier molecular flexibility index (Phi) is 3.64. The summed E-state index contributed by atoms with van der Waals surface area (Å²) in [4.78, 5) is 16.4. The number of aryl methyl sites for hydroxylation is 2. The van der Waals surface area contributed by atoms with E-state index in [0.717, 1.165) is 43.6 Å². The van der Waals surface area contributed by atoms with Gasteiger partial charge in [-0.15, -0.1) is 11.3 Å². The molecule has 1 saturated heterocycles. The van der Waals surface area contributed by atoms with Crippen molar-refractivity contribution in [3.8, 4) is 0 Å². The first-order valence-corrected chi connectivity index (χ1v) is 6.92. The Hall–Kier alpha value is -0.830. The standard InChI is InChI=1S/C13H19NOS/c1-3-6-11-9-12(16-10(11)2)13(15)14-7-4-5-8-14/h9H,3-8H2,1-2H3. The predicted molar refractivity (Wildman–Crippen MR) is 68.2 cm³/mol. The fraction of sp³-hybridized carbons (Fsp3) is 0.615. The minimum atomic E-state index is 0.243. The quantitative estimate of drug-likeness (QED) is 0.790. The van der Waals surface area contributed by atoms with Gasteiger partial charge in [0.2, 0.25) is 0 Å². The number of thiophene rings is 1. The second kappa shape index (κ2) is 5.00. The summed E-state index contributed by atoms with van der Waals surface area (Å²) >= 11 is 1.66. The lowest BCUT2D eigenvalue weighted by atomic mass is 10.1. The summed E-state index contributed by atoms with van der Waals surface area (Å²) in [5.41, 5.74) is 1.36. The number of rotatable bonds is 3. The van der Waals surface area contributed by atoms with Crippen LogP contribution in [-0.4, -0.2) is 23.9 Å². The molecule has 16 heavy (non-hydrogen) atoms. The van der Waals surface area contributed by atoms with Gasteiger partial charge in [-0.3, -0.25) is 4.79 Å². The zero-order valence-electron chi connectivity index (χ0n) is 10.1. The number of carbonyl (C=O) groups excluding carboxylic acids is 1. The zero-order valence-corrected chi connectivity index (χ0v) is 10.9. The van der Waals surface area contributed by atoms with Crippen molar-refractivity contribution in [2.75, 3.05) is 13.1 Å². The van der Waals surface area contributed by atoms with Crippen LogP contribution in [0.15, 0.2) is 6.07 Å². The predicted octanol–water partition coefficient (Wildman–Crippen LogP) is 3.25. The molecular weight excluding hydrogens is 218 g/mol. The van der Waals surface area contributed by atoms with E-state index in [4.69, 9.17) is 0 Å². The molecule has 0 N–H and O–H groups in total. The maximum atomic E-state index is 12.2. The zero-order chi connectivity index (χ0) is 11.5. The first-order chi connectivity index (χ1) is 7.72. The third-order valence-electron chi connectivity index (χ3n) is 3.14. The lowest BCUT2D eigenvalue weighted by molar-refractivity contribution is 0.0797. The second-order valence-electron chi connectivity index (χ2n) is 4.44. The van der Waals surface area contributed by atoms with Crippen molar-refractivity contribution in [1.82, 2.24) is 4.90 Å². The van der Waals surface area contributed by atoms with Crippen LogP contribution in [0.4, 0.5) is 0 Å². The van der Waals surface area contributed by atoms with Gasteiger partial charge < -0.3 is 4.90 Å². The van der Waals surface area contributed by atoms with Crippen molar-refractivity contribution >= 4 is 17.2 Å². The molecular formula is C13H19NOS. The van der Waals surface area contributed by atoms with Gasteiger partial charge in [-0.2, -0.15) is 0 Å². The summed E-state index contributed by atoms with van der Waals surface area (Å²) in [5, 5.41) is 0. The second-order valence-corrected chi connectivity index (χ2v) is 5.70. The maximum Gasteiger partial charge on any atom is 0.263 e. The van der Waals surface area contributed by atoms with Crippen LogP contribution in [0, 0.1) is 6.92 Å². The molecule has 0 saturated carbocycles. The highest BCUT2D eigenvalue weighted by Gasteiger charge is 2.21. The molecule has 0 aliphatic carbocycles. The van der Waals surface area contributed by atoms with Gasteiger partial charge in [0.25, 0.3) is 5.91 Å². The average Bonchev–Trinajstić information content (AvgIpc) is 2.88. The molecule has 1 aliphatic rings. The molecule has 1 aliphatic heterocycles. The van der Waals surface area contributed by atoms with Crippen molar-refractivity contribution in [3.63, 3.8) is 0 Å². The van der Waals surface area contributed by atoms with Crippen molar-refractivity contribution in [1.29, 1.82) is 0 Å². The van der Waals surface area contributed by atoms with Gasteiger partial charge in [-0.05, 0) is 37.8 Å². The average molecular weight is 237 g/mol. The fourth-order valence-corrected chi connectivity index (χ4v) is 3.26. The summed E-state index contributed by atoms with van der Waals surface area (Å²) in [6.07, 6.45) is 4.57. The molecule has 0 atom stereocenters. The molecule has 0 unspecified atom stereocenters. The Bertz CT molecular complexity index is 377. The van der Waals surface area contributed by atoms with Gasteiger partial charge in [0.05, 0.1) is 4.88 Å². The van der Waals surface area contributed by atoms with E-state index in [1.807, 2.05) is 4.90 Å². The lowest BCUT2D eigenvalue weighted by Crippen LogP contribution is -2.26. The van der Waals surface area contributed by atoms with Crippen LogP contribution in [0.3, 0.4) is 0 Å². The fourth-order valence-electron chi connectivity index (χ4n) is 2.22. The highest BCUT2D eigenvalue weighted by atomic mass is 32.1. The molecule has 0 radical (unpaired) electrons. The van der Waals surface area contributed by atoms with Gasteiger partial charge in [0.1, 0.15) is 0 Å². The van der Waals surface area contributed by atoms with Crippen molar-refractivity contribution in [3.05, 3.63) is 21.4 Å². The van der Waals surface area contributed by atoms with Crippen LogP contribution in [-0.2, 0) is 6.42 Å². The smallest absolute Gasteiger partial charge is 0.263 e. The number of amides is 1. The van der Waals surface area contributed by atoms with Crippen LogP contribution in [0.1, 0.15) is 46.3 Å². The van der Waals surface area contributed by atoms with Crippen molar-refractivity contribution in [2.24, 2.45) is 0 Å². The van der Waals surface area contributed by atoms with E-state index < -0.39 is 0 Å². The van der Waals surface area contributed by atoms with Crippen LogP contribution in [0.5, 0.6) is 0 Å². The number of hydrogen-bond donors (Lipinski definition) is 0. The van der Waals surface area contributed by atoms with Gasteiger partial charge >= 0.3 is 0 Å². The monoisotopic (exact) mass is 237 g/mol. The third kappa shape index (κ3) is 2.29.